The van der Waals surface area contributed by atoms with Gasteiger partial charge in [0, 0.05) is 24.7 Å². The van der Waals surface area contributed by atoms with E-state index in [0.29, 0.717) is 47.5 Å². The number of anilines is 2. The first kappa shape index (κ1) is 16.4. The third-order valence-corrected chi connectivity index (χ3v) is 3.66. The van der Waals surface area contributed by atoms with Crippen molar-refractivity contribution in [3.05, 3.63) is 22.2 Å². The van der Waals surface area contributed by atoms with Crippen molar-refractivity contribution in [2.24, 2.45) is 0 Å². The van der Waals surface area contributed by atoms with Crippen LogP contribution in [0.2, 0.25) is 10.0 Å². The normalized spacial score (nSPS) is 17.9. The number of rotatable bonds is 6. The first-order chi connectivity index (χ1) is 10.1. The lowest BCUT2D eigenvalue weighted by Crippen LogP contribution is -2.16. The van der Waals surface area contributed by atoms with Crippen molar-refractivity contribution in [2.45, 2.75) is 25.4 Å². The molecule has 7 heteroatoms. The van der Waals surface area contributed by atoms with Gasteiger partial charge in [0.05, 0.1) is 29.1 Å². The molecule has 1 unspecified atom stereocenters. The van der Waals surface area contributed by atoms with Crippen LogP contribution in [0.25, 0.3) is 0 Å². The Morgan fingerprint density at radius 1 is 1.48 bits per heavy atom. The van der Waals surface area contributed by atoms with Crippen molar-refractivity contribution in [3.63, 3.8) is 0 Å². The van der Waals surface area contributed by atoms with E-state index >= 15 is 0 Å². The zero-order valence-corrected chi connectivity index (χ0v) is 13.0. The van der Waals surface area contributed by atoms with Crippen molar-refractivity contribution >= 4 is 40.5 Å². The number of nitrogens with two attached hydrogens (primary N) is 1. The molecule has 5 nitrogen and oxygen atoms in total. The van der Waals surface area contributed by atoms with Crippen LogP contribution in [0.3, 0.4) is 0 Å². The van der Waals surface area contributed by atoms with Crippen LogP contribution in [-0.2, 0) is 14.3 Å². The molecule has 1 heterocycles. The highest BCUT2D eigenvalue weighted by atomic mass is 35.5. The van der Waals surface area contributed by atoms with Gasteiger partial charge in [-0.15, -0.1) is 0 Å². The number of amides is 1. The van der Waals surface area contributed by atoms with Gasteiger partial charge in [0.25, 0.3) is 0 Å². The second-order valence-electron chi connectivity index (χ2n) is 4.86. The monoisotopic (exact) mass is 332 g/mol. The number of benzene rings is 1. The standard InChI is InChI=1S/C14H18Cl2N2O3/c15-9-6-11(16)14(12(17)7-9)18-13(19)2-1-4-21-10-3-5-20-8-10/h6-7,10H,1-5,8,17H2,(H,18,19). The van der Waals surface area contributed by atoms with Crippen molar-refractivity contribution < 1.29 is 14.3 Å². The maximum absolute atomic E-state index is 11.9. The van der Waals surface area contributed by atoms with E-state index in [1.165, 1.54) is 6.07 Å². The SMILES string of the molecule is Nc1cc(Cl)cc(Cl)c1NC(=O)CCCOC1CCOC1. The van der Waals surface area contributed by atoms with Gasteiger partial charge in [0.1, 0.15) is 0 Å². The molecule has 0 spiro atoms. The third-order valence-electron chi connectivity index (χ3n) is 3.14. The molecule has 1 aliphatic rings. The summed E-state index contributed by atoms with van der Waals surface area (Å²) in [5.41, 5.74) is 6.53. The van der Waals surface area contributed by atoms with Crippen LogP contribution in [-0.4, -0.2) is 31.8 Å². The molecular formula is C14H18Cl2N2O3. The number of hydrogen-bond donors (Lipinski definition) is 2. The van der Waals surface area contributed by atoms with Gasteiger partial charge in [0.15, 0.2) is 0 Å². The van der Waals surface area contributed by atoms with Crippen LogP contribution < -0.4 is 11.1 Å². The van der Waals surface area contributed by atoms with Gasteiger partial charge in [0.2, 0.25) is 5.91 Å². The number of nitrogens with one attached hydrogen (secondary N) is 1. The van der Waals surface area contributed by atoms with Crippen molar-refractivity contribution in [2.75, 3.05) is 30.9 Å². The van der Waals surface area contributed by atoms with Gasteiger partial charge in [-0.05, 0) is 25.0 Å². The predicted octanol–water partition coefficient (Wildman–Crippen LogP) is 3.10. The molecule has 2 rings (SSSR count). The third kappa shape index (κ3) is 5.04. The van der Waals surface area contributed by atoms with E-state index in [1.807, 2.05) is 0 Å². The number of halogens is 2. The van der Waals surface area contributed by atoms with Gasteiger partial charge < -0.3 is 20.5 Å². The Bertz CT molecular complexity index is 482. The van der Waals surface area contributed by atoms with Crippen LogP contribution in [0.1, 0.15) is 19.3 Å². The number of ether oxygens (including phenoxy) is 2. The van der Waals surface area contributed by atoms with E-state index in [9.17, 15) is 4.79 Å². The Kier molecular flexibility index (Phi) is 6.11. The van der Waals surface area contributed by atoms with Gasteiger partial charge in [-0.2, -0.15) is 0 Å². The van der Waals surface area contributed by atoms with Crippen LogP contribution in [0.15, 0.2) is 12.1 Å². The minimum absolute atomic E-state index is 0.155. The summed E-state index contributed by atoms with van der Waals surface area (Å²) in [6, 6.07) is 3.09. The topological polar surface area (TPSA) is 73.6 Å². The molecule has 1 atom stereocenters. The zero-order valence-electron chi connectivity index (χ0n) is 11.5. The van der Waals surface area contributed by atoms with Crippen LogP contribution in [0.5, 0.6) is 0 Å². The quantitative estimate of drug-likeness (QED) is 0.620. The van der Waals surface area contributed by atoms with Gasteiger partial charge in [-0.3, -0.25) is 4.79 Å². The zero-order chi connectivity index (χ0) is 15.2. The predicted molar refractivity (Wildman–Crippen MR) is 83.9 cm³/mol. The molecule has 0 saturated carbocycles. The average molecular weight is 333 g/mol. The molecule has 1 aromatic carbocycles. The summed E-state index contributed by atoms with van der Waals surface area (Å²) in [5.74, 6) is -0.155. The summed E-state index contributed by atoms with van der Waals surface area (Å²) in [7, 11) is 0. The van der Waals surface area contributed by atoms with Crippen LogP contribution in [0.4, 0.5) is 11.4 Å². The molecule has 21 heavy (non-hydrogen) atoms. The lowest BCUT2D eigenvalue weighted by atomic mass is 10.2. The highest BCUT2D eigenvalue weighted by molar-refractivity contribution is 6.37. The Hall–Kier alpha value is -1.01. The lowest BCUT2D eigenvalue weighted by molar-refractivity contribution is -0.116. The number of carbonyl (C=O) groups is 1. The van der Waals surface area contributed by atoms with Gasteiger partial charge >= 0.3 is 0 Å². The number of hydrogen-bond acceptors (Lipinski definition) is 4. The molecule has 0 aromatic heterocycles. The minimum atomic E-state index is -0.155. The maximum atomic E-state index is 11.9. The minimum Gasteiger partial charge on any atom is -0.397 e. The summed E-state index contributed by atoms with van der Waals surface area (Å²) in [5, 5.41) is 3.46. The summed E-state index contributed by atoms with van der Waals surface area (Å²) < 4.78 is 10.8. The highest BCUT2D eigenvalue weighted by Gasteiger charge is 2.16. The lowest BCUT2D eigenvalue weighted by Gasteiger charge is -2.12. The van der Waals surface area contributed by atoms with E-state index < -0.39 is 0 Å². The molecule has 1 fully saturated rings. The summed E-state index contributed by atoms with van der Waals surface area (Å²) in [4.78, 5) is 11.9. The molecule has 116 valence electrons. The number of nitrogen functional groups attached to an aromatic ring is 1. The Morgan fingerprint density at radius 2 is 2.29 bits per heavy atom. The van der Waals surface area contributed by atoms with Crippen molar-refractivity contribution in [1.82, 2.24) is 0 Å². The molecule has 0 bridgehead atoms. The molecule has 1 amide bonds. The fourth-order valence-corrected chi connectivity index (χ4v) is 2.61. The molecule has 1 aliphatic heterocycles. The first-order valence-electron chi connectivity index (χ1n) is 6.80. The molecule has 0 radical (unpaired) electrons. The molecule has 1 aromatic rings. The Balaban J connectivity index is 1.74. The van der Waals surface area contributed by atoms with Crippen LogP contribution >= 0.6 is 23.2 Å². The van der Waals surface area contributed by atoms with Crippen molar-refractivity contribution in [3.8, 4) is 0 Å². The molecule has 1 saturated heterocycles. The van der Waals surface area contributed by atoms with E-state index in [0.717, 1.165) is 13.0 Å². The average Bonchev–Trinajstić information content (AvgIpc) is 2.92. The van der Waals surface area contributed by atoms with Crippen LogP contribution in [0, 0.1) is 0 Å². The van der Waals surface area contributed by atoms with E-state index in [2.05, 4.69) is 5.32 Å². The Labute approximate surface area is 133 Å². The fourth-order valence-electron chi connectivity index (χ4n) is 2.05. The summed E-state index contributed by atoms with van der Waals surface area (Å²) in [6.45, 7) is 1.92. The second kappa shape index (κ2) is 7.84. The Morgan fingerprint density at radius 3 is 2.95 bits per heavy atom. The molecule has 3 N–H and O–H groups in total. The van der Waals surface area contributed by atoms with E-state index in [1.54, 1.807) is 6.07 Å². The summed E-state index contributed by atoms with van der Waals surface area (Å²) >= 11 is 11.8. The van der Waals surface area contributed by atoms with E-state index in [-0.39, 0.29) is 12.0 Å². The van der Waals surface area contributed by atoms with Gasteiger partial charge in [-0.1, -0.05) is 23.2 Å². The number of carbonyl (C=O) groups excluding carboxylic acids is 1. The highest BCUT2D eigenvalue weighted by Crippen LogP contribution is 2.32. The fraction of sp³-hybridized carbons (Fsp3) is 0.500. The van der Waals surface area contributed by atoms with Gasteiger partial charge in [-0.25, -0.2) is 0 Å². The van der Waals surface area contributed by atoms with E-state index in [4.69, 9.17) is 38.4 Å². The summed E-state index contributed by atoms with van der Waals surface area (Å²) in [6.07, 6.45) is 2.05. The maximum Gasteiger partial charge on any atom is 0.224 e. The second-order valence-corrected chi connectivity index (χ2v) is 5.70. The molecular weight excluding hydrogens is 315 g/mol. The smallest absolute Gasteiger partial charge is 0.224 e. The van der Waals surface area contributed by atoms with Crippen molar-refractivity contribution in [1.29, 1.82) is 0 Å². The largest absolute Gasteiger partial charge is 0.397 e. The molecule has 0 aliphatic carbocycles. The first-order valence-corrected chi connectivity index (χ1v) is 7.55.